The first-order valence-electron chi connectivity index (χ1n) is 6.89. The van der Waals surface area contributed by atoms with Gasteiger partial charge in [-0.25, -0.2) is 9.78 Å². The predicted octanol–water partition coefficient (Wildman–Crippen LogP) is 4.18. The number of Topliss-reactive ketones (excluding diaryl/α,β-unsaturated/α-hetero) is 1. The summed E-state index contributed by atoms with van der Waals surface area (Å²) in [5.74, 6) is -0.866. The van der Waals surface area contributed by atoms with Crippen LogP contribution in [0.25, 0.3) is 0 Å². The first-order valence-corrected chi connectivity index (χ1v) is 8.40. The maximum atomic E-state index is 12.5. The van der Waals surface area contributed by atoms with Crippen LogP contribution in [-0.2, 0) is 4.79 Å². The van der Waals surface area contributed by atoms with Gasteiger partial charge in [-0.2, -0.15) is 0 Å². The highest BCUT2D eigenvalue weighted by molar-refractivity contribution is 6.75. The van der Waals surface area contributed by atoms with E-state index in [1.165, 1.54) is 0 Å². The summed E-state index contributed by atoms with van der Waals surface area (Å²) < 4.78 is 5.36. The fourth-order valence-corrected chi connectivity index (χ4v) is 2.42. The van der Waals surface area contributed by atoms with Crippen LogP contribution in [0.5, 0.6) is 5.75 Å². The summed E-state index contributed by atoms with van der Waals surface area (Å²) in [5, 5.41) is 8.39. The van der Waals surface area contributed by atoms with Gasteiger partial charge in [-0.1, -0.05) is 46.4 Å². The van der Waals surface area contributed by atoms with Crippen molar-refractivity contribution in [3.05, 3.63) is 47.5 Å². The molecule has 0 aliphatic carbocycles. The molecule has 0 spiro atoms. The number of fused-ring (bicyclic) bond motifs is 1. The lowest BCUT2D eigenvalue weighted by Crippen LogP contribution is -2.37. The number of carboxylic acid groups (broad SMARTS) is 1. The lowest BCUT2D eigenvalue weighted by molar-refractivity contribution is -0.135. The number of carbonyl (C=O) groups excluding carboxylic acids is 1. The van der Waals surface area contributed by atoms with Gasteiger partial charge in [0.1, 0.15) is 17.9 Å². The van der Waals surface area contributed by atoms with Crippen LogP contribution in [0.2, 0.25) is 5.02 Å². The minimum atomic E-state index is -2.17. The summed E-state index contributed by atoms with van der Waals surface area (Å²) in [6.45, 7) is 1.88. The predicted molar refractivity (Wildman–Crippen MR) is 95.1 cm³/mol. The third-order valence-electron chi connectivity index (χ3n) is 3.32. The number of ether oxygens (including phenoxy) is 1. The Balaban J connectivity index is 0.000000277. The van der Waals surface area contributed by atoms with E-state index in [0.717, 1.165) is 0 Å². The lowest BCUT2D eigenvalue weighted by atomic mass is 9.96. The number of rotatable bonds is 1. The van der Waals surface area contributed by atoms with Gasteiger partial charge in [-0.05, 0) is 25.1 Å². The Morgan fingerprint density at radius 2 is 2.00 bits per heavy atom. The van der Waals surface area contributed by atoms with Gasteiger partial charge in [0.25, 0.3) is 3.79 Å². The number of imidazole rings is 1. The highest BCUT2D eigenvalue weighted by atomic mass is 35.6. The molecule has 0 bridgehead atoms. The number of aliphatic carboxylic acids is 1. The molecule has 1 aliphatic rings. The van der Waals surface area contributed by atoms with Gasteiger partial charge >= 0.3 is 5.97 Å². The SMILES string of the molecule is CC1Oc2ccc(Cl)cc2C(=O)C1n1ccnc1.O=C(O)C(Cl)(Cl)Cl. The van der Waals surface area contributed by atoms with Crippen molar-refractivity contribution in [3.8, 4) is 5.75 Å². The molecule has 0 amide bonds. The second-order valence-electron chi connectivity index (χ2n) is 5.09. The minimum Gasteiger partial charge on any atom is -0.487 e. The number of ketones is 1. The molecular weight excluding hydrogens is 414 g/mol. The van der Waals surface area contributed by atoms with Gasteiger partial charge in [0, 0.05) is 17.4 Å². The molecule has 0 saturated heterocycles. The molecule has 0 saturated carbocycles. The summed E-state index contributed by atoms with van der Waals surface area (Å²) in [6, 6.07) is 4.71. The van der Waals surface area contributed by atoms with E-state index in [1.54, 1.807) is 41.5 Å². The summed E-state index contributed by atoms with van der Waals surface area (Å²) in [5.41, 5.74) is 0.527. The number of alkyl halides is 3. The molecule has 6 nitrogen and oxygen atoms in total. The number of nitrogens with zero attached hydrogens (tertiary/aromatic N) is 2. The monoisotopic (exact) mass is 424 g/mol. The average molecular weight is 426 g/mol. The Labute approximate surface area is 163 Å². The molecule has 3 rings (SSSR count). The van der Waals surface area contributed by atoms with Crippen molar-refractivity contribution in [3.63, 3.8) is 0 Å². The number of hydrogen-bond donors (Lipinski definition) is 1. The largest absolute Gasteiger partial charge is 0.487 e. The van der Waals surface area contributed by atoms with Gasteiger partial charge < -0.3 is 14.4 Å². The van der Waals surface area contributed by atoms with Gasteiger partial charge in [0.2, 0.25) is 0 Å². The third kappa shape index (κ3) is 4.79. The van der Waals surface area contributed by atoms with Crippen LogP contribution < -0.4 is 4.74 Å². The average Bonchev–Trinajstić information content (AvgIpc) is 3.02. The molecule has 1 N–H and O–H groups in total. The molecule has 10 heteroatoms. The number of aromatic nitrogens is 2. The molecule has 1 aliphatic heterocycles. The molecule has 2 unspecified atom stereocenters. The van der Waals surface area contributed by atoms with E-state index < -0.39 is 15.8 Å². The molecule has 2 atom stereocenters. The Hall–Kier alpha value is -1.47. The van der Waals surface area contributed by atoms with Crippen LogP contribution in [0.4, 0.5) is 0 Å². The van der Waals surface area contributed by atoms with Gasteiger partial charge in [-0.15, -0.1) is 0 Å². The van der Waals surface area contributed by atoms with Crippen molar-refractivity contribution in [1.82, 2.24) is 9.55 Å². The smallest absolute Gasteiger partial charge is 0.356 e. The highest BCUT2D eigenvalue weighted by Crippen LogP contribution is 2.34. The zero-order chi connectivity index (χ0) is 18.8. The zero-order valence-electron chi connectivity index (χ0n) is 12.7. The van der Waals surface area contributed by atoms with Crippen molar-refractivity contribution in [2.45, 2.75) is 22.9 Å². The first kappa shape index (κ1) is 19.8. The van der Waals surface area contributed by atoms with Crippen molar-refractivity contribution in [1.29, 1.82) is 0 Å². The van der Waals surface area contributed by atoms with E-state index in [9.17, 15) is 9.59 Å². The van der Waals surface area contributed by atoms with E-state index in [2.05, 4.69) is 4.98 Å². The van der Waals surface area contributed by atoms with Crippen molar-refractivity contribution < 1.29 is 19.4 Å². The van der Waals surface area contributed by atoms with Crippen molar-refractivity contribution in [2.24, 2.45) is 0 Å². The van der Waals surface area contributed by atoms with E-state index >= 15 is 0 Å². The molecule has 1 aromatic carbocycles. The molecule has 134 valence electrons. The van der Waals surface area contributed by atoms with Crippen LogP contribution in [0.15, 0.2) is 36.9 Å². The van der Waals surface area contributed by atoms with E-state index in [-0.39, 0.29) is 11.9 Å². The number of carbonyl (C=O) groups is 2. The van der Waals surface area contributed by atoms with Crippen LogP contribution >= 0.6 is 46.4 Å². The highest BCUT2D eigenvalue weighted by Gasteiger charge is 2.35. The fourth-order valence-electron chi connectivity index (χ4n) is 2.25. The van der Waals surface area contributed by atoms with Gasteiger partial charge in [-0.3, -0.25) is 4.79 Å². The normalized spacial score (nSPS) is 19.3. The number of benzene rings is 1. The second kappa shape index (κ2) is 7.83. The van der Waals surface area contributed by atoms with E-state index in [1.807, 2.05) is 6.92 Å². The number of halogens is 4. The maximum Gasteiger partial charge on any atom is 0.356 e. The van der Waals surface area contributed by atoms with Crippen LogP contribution in [-0.4, -0.2) is 36.3 Å². The van der Waals surface area contributed by atoms with Gasteiger partial charge in [0.15, 0.2) is 5.78 Å². The summed E-state index contributed by atoms with van der Waals surface area (Å²) in [6.07, 6.45) is 4.80. The minimum absolute atomic E-state index is 0.00394. The van der Waals surface area contributed by atoms with Crippen molar-refractivity contribution >= 4 is 58.2 Å². The maximum absolute atomic E-state index is 12.5. The molecule has 0 fully saturated rings. The third-order valence-corrected chi connectivity index (χ3v) is 4.04. The Kier molecular flexibility index (Phi) is 6.21. The molecule has 2 heterocycles. The quantitative estimate of drug-likeness (QED) is 0.693. The van der Waals surface area contributed by atoms with Crippen LogP contribution in [0.1, 0.15) is 23.3 Å². The lowest BCUT2D eigenvalue weighted by Gasteiger charge is -2.30. The zero-order valence-corrected chi connectivity index (χ0v) is 15.7. The van der Waals surface area contributed by atoms with E-state index in [0.29, 0.717) is 16.3 Å². The van der Waals surface area contributed by atoms with Gasteiger partial charge in [0.05, 0.1) is 11.9 Å². The topological polar surface area (TPSA) is 81.4 Å². The van der Waals surface area contributed by atoms with Crippen LogP contribution in [0.3, 0.4) is 0 Å². The molecule has 1 aromatic heterocycles. The Morgan fingerprint density at radius 1 is 1.36 bits per heavy atom. The second-order valence-corrected chi connectivity index (χ2v) is 7.80. The van der Waals surface area contributed by atoms with Crippen molar-refractivity contribution in [2.75, 3.05) is 0 Å². The van der Waals surface area contributed by atoms with Crippen LogP contribution in [0, 0.1) is 0 Å². The molecule has 25 heavy (non-hydrogen) atoms. The number of carboxylic acids is 1. The Bertz CT molecular complexity index is 774. The standard InChI is InChI=1S/C13H11ClN2O2.C2HCl3O2/c1-8-12(16-5-4-15-7-16)13(17)10-6-9(14)2-3-11(10)18-8;3-2(4,5)1(6)7/h2-8,12H,1H3;(H,6,7). The van der Waals surface area contributed by atoms with E-state index in [4.69, 9.17) is 56.2 Å². The molecule has 2 aromatic rings. The molecule has 0 radical (unpaired) electrons. The number of hydrogen-bond acceptors (Lipinski definition) is 4. The summed E-state index contributed by atoms with van der Waals surface area (Å²) in [7, 11) is 0. The fraction of sp³-hybridized carbons (Fsp3) is 0.267. The molecular formula is C15H12Cl4N2O4. The Morgan fingerprint density at radius 3 is 2.52 bits per heavy atom. The first-order chi connectivity index (χ1) is 11.6. The summed E-state index contributed by atoms with van der Waals surface area (Å²) in [4.78, 5) is 26.1. The summed E-state index contributed by atoms with van der Waals surface area (Å²) >= 11 is 20.3.